The molecule has 2 bridgehead atoms. The summed E-state index contributed by atoms with van der Waals surface area (Å²) in [5, 5.41) is 90.6. The highest BCUT2D eigenvalue weighted by Gasteiger charge is 2.58. The summed E-state index contributed by atoms with van der Waals surface area (Å²) < 4.78 is 73.2. The van der Waals surface area contributed by atoms with E-state index in [1.807, 2.05) is 0 Å². The smallest absolute Gasteiger partial charge is 0.333 e. The van der Waals surface area contributed by atoms with Crippen LogP contribution in [-0.2, 0) is 76.0 Å². The van der Waals surface area contributed by atoms with Crippen molar-refractivity contribution < 1.29 is 117 Å². The second-order valence-electron chi connectivity index (χ2n) is 21.4. The van der Waals surface area contributed by atoms with Crippen LogP contribution in [0.5, 0.6) is 0 Å². The van der Waals surface area contributed by atoms with Crippen molar-refractivity contribution in [2.24, 2.45) is 11.8 Å². The van der Waals surface area contributed by atoms with Gasteiger partial charge in [-0.2, -0.15) is 0 Å². The third kappa shape index (κ3) is 17.5. The lowest BCUT2D eigenvalue weighted by Gasteiger charge is -2.50. The molecule has 0 aromatic carbocycles. The molecule has 23 atom stereocenters. The van der Waals surface area contributed by atoms with Gasteiger partial charge in [-0.3, -0.25) is 14.4 Å². The minimum atomic E-state index is -2.06. The van der Waals surface area contributed by atoms with Crippen LogP contribution in [0, 0.1) is 11.8 Å². The molecule has 0 aromatic rings. The van der Waals surface area contributed by atoms with E-state index in [9.17, 15) is 60.0 Å². The van der Waals surface area contributed by atoms with Crippen molar-refractivity contribution in [1.29, 1.82) is 0 Å². The number of carbonyl (C=O) groups excluding carboxylic acids is 4. The summed E-state index contributed by atoms with van der Waals surface area (Å²) in [6, 6.07) is 0. The third-order valence-electron chi connectivity index (χ3n) is 14.9. The Morgan fingerprint density at radius 1 is 0.649 bits per heavy atom. The molecule has 0 saturated carbocycles. The molecule has 5 saturated heterocycles. The molecule has 5 fully saturated rings. The molecule has 5 aliphatic heterocycles. The summed E-state index contributed by atoms with van der Waals surface area (Å²) in [6.45, 7) is 13.3. The second kappa shape index (κ2) is 30.7. The zero-order valence-corrected chi connectivity index (χ0v) is 45.9. The Morgan fingerprint density at radius 3 is 1.90 bits per heavy atom. The summed E-state index contributed by atoms with van der Waals surface area (Å²) in [4.78, 5) is 53.4. The van der Waals surface area contributed by atoms with E-state index in [2.05, 4.69) is 6.92 Å². The molecule has 0 spiro atoms. The lowest BCUT2D eigenvalue weighted by Crippen LogP contribution is -2.68. The van der Waals surface area contributed by atoms with Gasteiger partial charge in [0.05, 0.1) is 36.3 Å². The van der Waals surface area contributed by atoms with Gasteiger partial charge in [0.25, 0.3) is 0 Å². The number of unbranched alkanes of at least 4 members (excludes halogenated alkanes) is 2. The number of rotatable bonds is 14. The number of ether oxygens (including phenoxy) is 12. The van der Waals surface area contributed by atoms with Crippen LogP contribution in [0.25, 0.3) is 0 Å². The molecular weight excluding hydrogens is 1020 g/mol. The molecule has 0 aromatic heterocycles. The number of aliphatic hydroxyl groups is 8. The highest BCUT2D eigenvalue weighted by molar-refractivity contribution is 5.87. The molecule has 0 radical (unpaired) electrons. The van der Waals surface area contributed by atoms with E-state index in [1.54, 1.807) is 20.8 Å². The molecule has 24 nitrogen and oxygen atoms in total. The SMILES string of the molecule is C/C=C(\C)C(=O)O[C@H]1[C@H](O)[C@@H](O)C(O[C@@H]2[C@H]3OC(=O)CCCCCCCCC[C@H](CCCCC)O[C@@H]4O[C@H](O)[C@@H](O)[C@H](O)C4O[C@@H]4O[C@H](COC(=O)C(C)C)[C@@H](O)[C@H](O)[C@H]4O[C@H](O[C@H]2C)[C@@H]3OC(=O)[C@@H](C)[C@H](C)O)O[C@@H]1C. The number of esters is 4. The van der Waals surface area contributed by atoms with Crippen LogP contribution in [0.1, 0.15) is 146 Å². The topological polar surface area (TPSA) is 341 Å². The lowest BCUT2D eigenvalue weighted by atomic mass is 9.95. The fourth-order valence-corrected chi connectivity index (χ4v) is 9.58. The Morgan fingerprint density at radius 2 is 1.26 bits per heavy atom. The normalized spacial score (nSPS) is 40.3. The van der Waals surface area contributed by atoms with Gasteiger partial charge >= 0.3 is 23.9 Å². The Kier molecular flexibility index (Phi) is 25.8. The zero-order valence-electron chi connectivity index (χ0n) is 45.9. The van der Waals surface area contributed by atoms with Crippen LogP contribution in [0.15, 0.2) is 11.6 Å². The molecule has 0 aliphatic carbocycles. The maximum Gasteiger partial charge on any atom is 0.333 e. The molecule has 24 heteroatoms. The fourth-order valence-electron chi connectivity index (χ4n) is 9.58. The Hall–Kier alpha value is -3.02. The average molecular weight is 1110 g/mol. The van der Waals surface area contributed by atoms with Crippen molar-refractivity contribution >= 4 is 23.9 Å². The molecule has 0 amide bonds. The van der Waals surface area contributed by atoms with Gasteiger partial charge in [-0.05, 0) is 60.8 Å². The Labute approximate surface area is 450 Å². The molecule has 5 heterocycles. The summed E-state index contributed by atoms with van der Waals surface area (Å²) in [6.07, 6.45) is -26.4. The van der Waals surface area contributed by atoms with Crippen molar-refractivity contribution in [3.63, 3.8) is 0 Å². The van der Waals surface area contributed by atoms with Gasteiger partial charge in [-0.15, -0.1) is 0 Å². The quantitative estimate of drug-likeness (QED) is 0.0530. The molecule has 8 N–H and O–H groups in total. The number of hydrogen-bond acceptors (Lipinski definition) is 24. The van der Waals surface area contributed by atoms with Crippen LogP contribution in [0.4, 0.5) is 0 Å². The van der Waals surface area contributed by atoms with Crippen molar-refractivity contribution in [2.75, 3.05) is 6.61 Å². The van der Waals surface area contributed by atoms with E-state index >= 15 is 0 Å². The predicted molar refractivity (Wildman–Crippen MR) is 265 cm³/mol. The molecule has 5 rings (SSSR count). The summed E-state index contributed by atoms with van der Waals surface area (Å²) in [7, 11) is 0. The summed E-state index contributed by atoms with van der Waals surface area (Å²) in [5.74, 6) is -5.12. The molecule has 5 aliphatic rings. The number of fused-ring (bicyclic) bond motifs is 4. The lowest BCUT2D eigenvalue weighted by molar-refractivity contribution is -0.407. The Balaban J connectivity index is 1.60. The minimum Gasteiger partial charge on any atom is -0.463 e. The van der Waals surface area contributed by atoms with E-state index in [0.717, 1.165) is 51.4 Å². The van der Waals surface area contributed by atoms with Crippen LogP contribution in [0.2, 0.25) is 0 Å². The first-order chi connectivity index (χ1) is 36.5. The predicted octanol–water partition coefficient (Wildman–Crippen LogP) is 1.60. The maximum atomic E-state index is 14.0. The Bertz CT molecular complexity index is 1870. The second-order valence-corrected chi connectivity index (χ2v) is 21.4. The van der Waals surface area contributed by atoms with Gasteiger partial charge < -0.3 is 97.7 Å². The van der Waals surface area contributed by atoms with E-state index in [4.69, 9.17) is 56.8 Å². The van der Waals surface area contributed by atoms with Gasteiger partial charge in [0, 0.05) is 12.0 Å². The molecular formula is C53H88O24. The van der Waals surface area contributed by atoms with Gasteiger partial charge in [0.2, 0.25) is 0 Å². The van der Waals surface area contributed by atoms with Crippen molar-refractivity contribution in [2.45, 2.75) is 281 Å². The molecule has 444 valence electrons. The van der Waals surface area contributed by atoms with Gasteiger partial charge in [-0.1, -0.05) is 84.6 Å². The maximum absolute atomic E-state index is 14.0. The molecule has 2 unspecified atom stereocenters. The van der Waals surface area contributed by atoms with Crippen molar-refractivity contribution in [3.05, 3.63) is 11.6 Å². The van der Waals surface area contributed by atoms with E-state index in [1.165, 1.54) is 40.7 Å². The van der Waals surface area contributed by atoms with E-state index in [-0.39, 0.29) is 12.0 Å². The molecule has 77 heavy (non-hydrogen) atoms. The van der Waals surface area contributed by atoms with Gasteiger partial charge in [0.15, 0.2) is 49.8 Å². The van der Waals surface area contributed by atoms with Gasteiger partial charge in [0.1, 0.15) is 67.6 Å². The number of carbonyl (C=O) groups is 4. The van der Waals surface area contributed by atoms with Crippen LogP contribution in [-0.4, -0.2) is 207 Å². The largest absolute Gasteiger partial charge is 0.463 e. The minimum absolute atomic E-state index is 0.115. The van der Waals surface area contributed by atoms with Crippen LogP contribution < -0.4 is 0 Å². The van der Waals surface area contributed by atoms with Crippen molar-refractivity contribution in [1.82, 2.24) is 0 Å². The zero-order chi connectivity index (χ0) is 56.8. The van der Waals surface area contributed by atoms with Crippen LogP contribution in [0.3, 0.4) is 0 Å². The summed E-state index contributed by atoms with van der Waals surface area (Å²) >= 11 is 0. The number of aliphatic hydroxyl groups excluding tert-OH is 8. The first-order valence-corrected chi connectivity index (χ1v) is 27.6. The monoisotopic (exact) mass is 1110 g/mol. The summed E-state index contributed by atoms with van der Waals surface area (Å²) in [5.41, 5.74) is 0.229. The third-order valence-corrected chi connectivity index (χ3v) is 14.9. The highest BCUT2D eigenvalue weighted by atomic mass is 16.8. The van der Waals surface area contributed by atoms with E-state index in [0.29, 0.717) is 25.7 Å². The highest BCUT2D eigenvalue weighted by Crippen LogP contribution is 2.38. The van der Waals surface area contributed by atoms with Gasteiger partial charge in [-0.25, -0.2) is 4.79 Å². The van der Waals surface area contributed by atoms with E-state index < -0.39 is 178 Å². The number of allylic oxidation sites excluding steroid dienone is 1. The first-order valence-electron chi connectivity index (χ1n) is 27.6. The first kappa shape index (κ1) is 64.8. The standard InChI is InChI=1S/C53H88O24/c1-10-12-18-21-31-22-19-16-14-13-15-17-20-23-33(55)71-44-41(74-50-39(61)37(59)40(29(8)67-50)72-47(63)26(5)11-2)30(9)68-53(45(44)73-48(64)27(6)28(7)54)76-42-35(57)34(56)32(24-66-46(62)25(3)4)70-52(42)75-43-36(58)38(60)49(65)77-51(43)69-31/h11,25,27-32,34-45,49-54,56-61,65H,10,12-24H2,1-9H3/b26-11+/t27-,28-,29+,30-,31-,32+,34+,35-,36-,37+,38-,39+,40+,41-,42+,43?,44+,45+,49-,50?,51+,52-,53-/m0/s1. The van der Waals surface area contributed by atoms with Crippen LogP contribution >= 0.6 is 0 Å². The fraction of sp³-hybridized carbons (Fsp3) is 0.887. The van der Waals surface area contributed by atoms with Crippen molar-refractivity contribution in [3.8, 4) is 0 Å². The number of hydrogen-bond donors (Lipinski definition) is 8. The average Bonchev–Trinajstić information content (AvgIpc) is 3.40.